The molecule has 0 aliphatic carbocycles. The van der Waals surface area contributed by atoms with E-state index in [1.807, 2.05) is 0 Å². The summed E-state index contributed by atoms with van der Waals surface area (Å²) in [6, 6.07) is 5.39. The van der Waals surface area contributed by atoms with Gasteiger partial charge in [0.2, 0.25) is 10.0 Å². The number of fused-ring (bicyclic) bond motifs is 1. The SMILES string of the molecule is CCS(=O)(=O)N1CCc2nc([C@H]3CCCCN3C(=O)c3ccccc3F)[nH]c(=O)c2C1. The minimum absolute atomic E-state index is 0.00332. The maximum atomic E-state index is 14.2. The van der Waals surface area contributed by atoms with Crippen molar-refractivity contribution < 1.29 is 17.6 Å². The zero-order chi connectivity index (χ0) is 22.2. The number of H-pyrrole nitrogens is 1. The first-order chi connectivity index (χ1) is 14.8. The van der Waals surface area contributed by atoms with Crippen LogP contribution in [-0.4, -0.2) is 52.3 Å². The molecule has 2 aliphatic rings. The molecular weight excluding hydrogens is 423 g/mol. The van der Waals surface area contributed by atoms with E-state index in [0.717, 1.165) is 12.8 Å². The van der Waals surface area contributed by atoms with Crippen molar-refractivity contribution in [3.63, 3.8) is 0 Å². The number of hydrogen-bond acceptors (Lipinski definition) is 5. The Balaban J connectivity index is 1.66. The summed E-state index contributed by atoms with van der Waals surface area (Å²) in [6.07, 6.45) is 2.59. The van der Waals surface area contributed by atoms with Crippen LogP contribution in [0.3, 0.4) is 0 Å². The molecule has 1 saturated heterocycles. The number of aromatic nitrogens is 2. The molecule has 166 valence electrons. The Morgan fingerprint density at radius 1 is 1.26 bits per heavy atom. The smallest absolute Gasteiger partial charge is 0.257 e. The van der Waals surface area contributed by atoms with Gasteiger partial charge in [-0.1, -0.05) is 12.1 Å². The van der Waals surface area contributed by atoms with Crippen molar-refractivity contribution in [3.8, 4) is 0 Å². The molecule has 0 bridgehead atoms. The number of sulfonamides is 1. The van der Waals surface area contributed by atoms with Gasteiger partial charge in [-0.15, -0.1) is 0 Å². The Morgan fingerprint density at radius 3 is 2.77 bits per heavy atom. The van der Waals surface area contributed by atoms with Crippen molar-refractivity contribution >= 4 is 15.9 Å². The minimum atomic E-state index is -3.40. The summed E-state index contributed by atoms with van der Waals surface area (Å²) in [5, 5.41) is 0. The lowest BCUT2D eigenvalue weighted by Gasteiger charge is -2.35. The summed E-state index contributed by atoms with van der Waals surface area (Å²) in [4.78, 5) is 34.8. The van der Waals surface area contributed by atoms with Gasteiger partial charge in [-0.2, -0.15) is 4.31 Å². The first-order valence-electron chi connectivity index (χ1n) is 10.5. The minimum Gasteiger partial charge on any atom is -0.328 e. The lowest BCUT2D eigenvalue weighted by atomic mass is 9.99. The molecule has 1 N–H and O–H groups in total. The monoisotopic (exact) mass is 448 g/mol. The average Bonchev–Trinajstić information content (AvgIpc) is 2.78. The van der Waals surface area contributed by atoms with E-state index in [2.05, 4.69) is 9.97 Å². The molecule has 2 aliphatic heterocycles. The third-order valence-electron chi connectivity index (χ3n) is 5.99. The third-order valence-corrected chi connectivity index (χ3v) is 7.82. The molecule has 0 saturated carbocycles. The Morgan fingerprint density at radius 2 is 2.03 bits per heavy atom. The fourth-order valence-corrected chi connectivity index (χ4v) is 5.31. The predicted molar refractivity (Wildman–Crippen MR) is 112 cm³/mol. The molecule has 0 spiro atoms. The van der Waals surface area contributed by atoms with Crippen LogP contribution in [0.25, 0.3) is 0 Å². The van der Waals surface area contributed by atoms with Crippen LogP contribution in [0.5, 0.6) is 0 Å². The molecule has 8 nitrogen and oxygen atoms in total. The number of hydrogen-bond donors (Lipinski definition) is 1. The van der Waals surface area contributed by atoms with Crippen LogP contribution in [0.1, 0.15) is 59.7 Å². The van der Waals surface area contributed by atoms with E-state index >= 15 is 0 Å². The molecular formula is C21H25FN4O4S. The highest BCUT2D eigenvalue weighted by atomic mass is 32.2. The molecule has 31 heavy (non-hydrogen) atoms. The molecule has 2 aromatic rings. The summed E-state index contributed by atoms with van der Waals surface area (Å²) in [5.74, 6) is -0.662. The number of carbonyl (C=O) groups is 1. The van der Waals surface area contributed by atoms with Crippen molar-refractivity contribution in [2.75, 3.05) is 18.8 Å². The topological polar surface area (TPSA) is 103 Å². The summed E-state index contributed by atoms with van der Waals surface area (Å²) >= 11 is 0. The lowest BCUT2D eigenvalue weighted by molar-refractivity contribution is 0.0594. The second kappa shape index (κ2) is 8.51. The average molecular weight is 449 g/mol. The Hall–Kier alpha value is -2.59. The fraction of sp³-hybridized carbons (Fsp3) is 0.476. The highest BCUT2D eigenvalue weighted by molar-refractivity contribution is 7.89. The number of likely N-dealkylation sites (tertiary alicyclic amines) is 1. The maximum absolute atomic E-state index is 14.2. The molecule has 1 amide bonds. The second-order valence-corrected chi connectivity index (χ2v) is 10.1. The highest BCUT2D eigenvalue weighted by Gasteiger charge is 2.34. The normalized spacial score (nSPS) is 19.8. The molecule has 4 rings (SSSR count). The van der Waals surface area contributed by atoms with Crippen LogP contribution >= 0.6 is 0 Å². The highest BCUT2D eigenvalue weighted by Crippen LogP contribution is 2.31. The van der Waals surface area contributed by atoms with Gasteiger partial charge in [-0.3, -0.25) is 9.59 Å². The van der Waals surface area contributed by atoms with E-state index in [9.17, 15) is 22.4 Å². The number of nitrogens with zero attached hydrogens (tertiary/aromatic N) is 3. The molecule has 1 fully saturated rings. The Labute approximate surface area is 180 Å². The van der Waals surface area contributed by atoms with Gasteiger partial charge in [0.05, 0.1) is 28.6 Å². The maximum Gasteiger partial charge on any atom is 0.257 e. The van der Waals surface area contributed by atoms with E-state index < -0.39 is 27.8 Å². The van der Waals surface area contributed by atoms with Crippen LogP contribution in [0.15, 0.2) is 29.1 Å². The van der Waals surface area contributed by atoms with Crippen molar-refractivity contribution in [1.82, 2.24) is 19.2 Å². The molecule has 1 aromatic carbocycles. The summed E-state index contributed by atoms with van der Waals surface area (Å²) in [5.41, 5.74) is 0.509. The van der Waals surface area contributed by atoms with Crippen molar-refractivity contribution in [1.29, 1.82) is 0 Å². The largest absolute Gasteiger partial charge is 0.328 e. The number of carbonyl (C=O) groups excluding carboxylic acids is 1. The number of halogens is 1. The molecule has 3 heterocycles. The lowest BCUT2D eigenvalue weighted by Crippen LogP contribution is -2.43. The third kappa shape index (κ3) is 4.14. The van der Waals surface area contributed by atoms with E-state index in [0.29, 0.717) is 36.5 Å². The number of aromatic amines is 1. The van der Waals surface area contributed by atoms with E-state index in [1.54, 1.807) is 17.9 Å². The van der Waals surface area contributed by atoms with Gasteiger partial charge in [0.1, 0.15) is 11.6 Å². The van der Waals surface area contributed by atoms with E-state index in [1.165, 1.54) is 22.5 Å². The Bertz CT molecular complexity index is 1160. The second-order valence-electron chi connectivity index (χ2n) is 7.85. The number of piperidine rings is 1. The van der Waals surface area contributed by atoms with Crippen LogP contribution in [0.2, 0.25) is 0 Å². The standard InChI is InChI=1S/C21H25FN4O4S/c1-2-31(29,30)25-12-10-17-15(13-25)20(27)24-19(23-17)18-9-5-6-11-26(18)21(28)14-7-3-4-8-16(14)22/h3-4,7-8,18H,2,5-6,9-13H2,1H3,(H,23,24,27)/t18-/m1/s1. The molecule has 1 atom stereocenters. The zero-order valence-corrected chi connectivity index (χ0v) is 18.1. The van der Waals surface area contributed by atoms with Crippen molar-refractivity contribution in [2.24, 2.45) is 0 Å². The summed E-state index contributed by atoms with van der Waals surface area (Å²) < 4.78 is 39.9. The van der Waals surface area contributed by atoms with Gasteiger partial charge < -0.3 is 9.88 Å². The number of benzene rings is 1. The number of amides is 1. The molecule has 1 aromatic heterocycles. The molecule has 10 heteroatoms. The van der Waals surface area contributed by atoms with E-state index in [4.69, 9.17) is 0 Å². The fourth-order valence-electron chi connectivity index (χ4n) is 4.25. The van der Waals surface area contributed by atoms with Gasteiger partial charge in [0.15, 0.2) is 0 Å². The van der Waals surface area contributed by atoms with Gasteiger partial charge in [-0.05, 0) is 38.3 Å². The van der Waals surface area contributed by atoms with Gasteiger partial charge in [-0.25, -0.2) is 17.8 Å². The van der Waals surface area contributed by atoms with Crippen molar-refractivity contribution in [3.05, 3.63) is 63.1 Å². The van der Waals surface area contributed by atoms with Crippen LogP contribution in [-0.2, 0) is 23.0 Å². The quantitative estimate of drug-likeness (QED) is 0.770. The van der Waals surface area contributed by atoms with Gasteiger partial charge in [0, 0.05) is 26.1 Å². The first kappa shape index (κ1) is 21.6. The Kier molecular flexibility index (Phi) is 5.94. The van der Waals surface area contributed by atoms with E-state index in [-0.39, 0.29) is 30.0 Å². The first-order valence-corrected chi connectivity index (χ1v) is 12.1. The summed E-state index contributed by atoms with van der Waals surface area (Å²) in [7, 11) is -3.40. The number of rotatable bonds is 4. The molecule has 0 unspecified atom stereocenters. The van der Waals surface area contributed by atoms with Crippen LogP contribution in [0, 0.1) is 5.82 Å². The molecule has 0 radical (unpaired) electrons. The van der Waals surface area contributed by atoms with Crippen LogP contribution in [0.4, 0.5) is 4.39 Å². The van der Waals surface area contributed by atoms with Gasteiger partial charge >= 0.3 is 0 Å². The zero-order valence-electron chi connectivity index (χ0n) is 17.3. The summed E-state index contributed by atoms with van der Waals surface area (Å²) in [6.45, 7) is 2.28. The van der Waals surface area contributed by atoms with Crippen molar-refractivity contribution in [2.45, 2.75) is 45.2 Å². The van der Waals surface area contributed by atoms with Gasteiger partial charge in [0.25, 0.3) is 11.5 Å². The predicted octanol–water partition coefficient (Wildman–Crippen LogP) is 1.98. The number of nitrogens with one attached hydrogen (secondary N) is 1. The van der Waals surface area contributed by atoms with Crippen LogP contribution < -0.4 is 5.56 Å².